The van der Waals surface area contributed by atoms with Gasteiger partial charge in [-0.25, -0.2) is 4.98 Å². The van der Waals surface area contributed by atoms with E-state index in [0.29, 0.717) is 4.88 Å². The van der Waals surface area contributed by atoms with Gasteiger partial charge in [-0.2, -0.15) is 0 Å². The first kappa shape index (κ1) is 14.5. The first-order chi connectivity index (χ1) is 8.53. The Morgan fingerprint density at radius 3 is 2.72 bits per heavy atom. The van der Waals surface area contributed by atoms with Gasteiger partial charge in [-0.05, 0) is 20.8 Å². The van der Waals surface area contributed by atoms with Crippen LogP contribution in [0.3, 0.4) is 0 Å². The number of amides is 1. The van der Waals surface area contributed by atoms with E-state index in [0.717, 1.165) is 18.2 Å². The lowest BCUT2D eigenvalue weighted by molar-refractivity contribution is 0.0951. The third-order valence-corrected chi connectivity index (χ3v) is 3.73. The van der Waals surface area contributed by atoms with Gasteiger partial charge in [-0.3, -0.25) is 4.79 Å². The Kier molecular flexibility index (Phi) is 5.15. The highest BCUT2D eigenvalue weighted by molar-refractivity contribution is 7.18. The van der Waals surface area contributed by atoms with Crippen molar-refractivity contribution in [1.29, 1.82) is 0 Å². The van der Waals surface area contributed by atoms with Gasteiger partial charge in [0.05, 0.1) is 0 Å². The maximum atomic E-state index is 12.0. The van der Waals surface area contributed by atoms with Gasteiger partial charge in [-0.1, -0.05) is 17.4 Å². The summed E-state index contributed by atoms with van der Waals surface area (Å²) >= 11 is 1.32. The van der Waals surface area contributed by atoms with Crippen molar-refractivity contribution < 1.29 is 4.79 Å². The van der Waals surface area contributed by atoms with E-state index in [9.17, 15) is 4.79 Å². The van der Waals surface area contributed by atoms with Crippen LogP contribution >= 0.6 is 11.3 Å². The van der Waals surface area contributed by atoms with Crippen LogP contribution in [-0.2, 0) is 0 Å². The lowest BCUT2D eigenvalue weighted by Gasteiger charge is -2.16. The van der Waals surface area contributed by atoms with Crippen LogP contribution < -0.4 is 16.0 Å². The van der Waals surface area contributed by atoms with Gasteiger partial charge in [0.1, 0.15) is 10.7 Å². The quantitative estimate of drug-likeness (QED) is 0.773. The maximum absolute atomic E-state index is 12.0. The lowest BCUT2D eigenvalue weighted by Crippen LogP contribution is -2.30. The Balaban J connectivity index is 2.90. The number of carbonyl (C=O) groups is 1. The molecule has 0 saturated carbocycles. The van der Waals surface area contributed by atoms with Crippen molar-refractivity contribution in [3.8, 4) is 0 Å². The molecule has 0 aliphatic carbocycles. The predicted molar refractivity (Wildman–Crippen MR) is 77.2 cm³/mol. The summed E-state index contributed by atoms with van der Waals surface area (Å²) in [6.07, 6.45) is 1.67. The van der Waals surface area contributed by atoms with Gasteiger partial charge in [-0.15, -0.1) is 6.58 Å². The Labute approximate surface area is 112 Å². The van der Waals surface area contributed by atoms with Gasteiger partial charge in [0.2, 0.25) is 0 Å². The molecule has 0 radical (unpaired) electrons. The zero-order valence-corrected chi connectivity index (χ0v) is 11.9. The highest BCUT2D eigenvalue weighted by Gasteiger charge is 2.19. The van der Waals surface area contributed by atoms with Crippen LogP contribution in [0.4, 0.5) is 10.9 Å². The number of nitrogens with two attached hydrogens (primary N) is 1. The second-order valence-electron chi connectivity index (χ2n) is 3.88. The normalized spacial score (nSPS) is 11.9. The Morgan fingerprint density at radius 1 is 1.61 bits per heavy atom. The Hall–Kier alpha value is -1.56. The van der Waals surface area contributed by atoms with E-state index in [1.54, 1.807) is 6.08 Å². The molecule has 3 N–H and O–H groups in total. The van der Waals surface area contributed by atoms with Crippen LogP contribution in [0.15, 0.2) is 12.7 Å². The number of carbonyl (C=O) groups excluding carboxylic acids is 1. The molecule has 0 aliphatic heterocycles. The summed E-state index contributed by atoms with van der Waals surface area (Å²) in [5.74, 6) is 0.0893. The number of hydrogen-bond donors (Lipinski definition) is 2. The van der Waals surface area contributed by atoms with Crippen LogP contribution in [0.1, 0.15) is 30.4 Å². The molecule has 18 heavy (non-hydrogen) atoms. The van der Waals surface area contributed by atoms with Gasteiger partial charge in [0, 0.05) is 19.1 Å². The van der Waals surface area contributed by atoms with E-state index in [1.165, 1.54) is 11.3 Å². The standard InChI is InChI=1S/C12H20N4OS/c1-5-8(4)14-11(17)9-10(13)15-12(18-9)16(6-2)7-3/h5,8H,1,6-7,13H2,2-4H3,(H,14,17). The molecule has 0 spiro atoms. The topological polar surface area (TPSA) is 71.2 Å². The molecule has 6 heteroatoms. The largest absolute Gasteiger partial charge is 0.382 e. The van der Waals surface area contributed by atoms with Crippen LogP contribution in [0, 0.1) is 0 Å². The summed E-state index contributed by atoms with van der Waals surface area (Å²) in [4.78, 5) is 18.7. The zero-order chi connectivity index (χ0) is 13.7. The average molecular weight is 268 g/mol. The molecule has 1 atom stereocenters. The number of anilines is 2. The minimum absolute atomic E-state index is 0.0871. The minimum Gasteiger partial charge on any atom is -0.382 e. The van der Waals surface area contributed by atoms with E-state index in [-0.39, 0.29) is 17.8 Å². The number of nitrogens with one attached hydrogen (secondary N) is 1. The highest BCUT2D eigenvalue weighted by atomic mass is 32.1. The van der Waals surface area contributed by atoms with Crippen molar-refractivity contribution in [2.75, 3.05) is 23.7 Å². The summed E-state index contributed by atoms with van der Waals surface area (Å²) in [7, 11) is 0. The molecule has 1 heterocycles. The molecule has 5 nitrogen and oxygen atoms in total. The summed E-state index contributed by atoms with van der Waals surface area (Å²) < 4.78 is 0. The molecule has 0 aliphatic rings. The molecule has 1 rings (SSSR count). The molecular weight excluding hydrogens is 248 g/mol. The van der Waals surface area contributed by atoms with Crippen molar-refractivity contribution >= 4 is 28.2 Å². The van der Waals surface area contributed by atoms with Gasteiger partial charge in [0.25, 0.3) is 5.91 Å². The molecule has 100 valence electrons. The van der Waals surface area contributed by atoms with E-state index in [1.807, 2.05) is 20.8 Å². The highest BCUT2D eigenvalue weighted by Crippen LogP contribution is 2.27. The van der Waals surface area contributed by atoms with Crippen molar-refractivity contribution in [3.05, 3.63) is 17.5 Å². The fourth-order valence-electron chi connectivity index (χ4n) is 1.44. The number of nitrogen functional groups attached to an aromatic ring is 1. The number of aromatic nitrogens is 1. The smallest absolute Gasteiger partial charge is 0.265 e. The number of hydrogen-bond acceptors (Lipinski definition) is 5. The fourth-order valence-corrected chi connectivity index (χ4v) is 2.46. The number of thiazole rings is 1. The molecule has 1 unspecified atom stereocenters. The third kappa shape index (κ3) is 3.22. The monoisotopic (exact) mass is 268 g/mol. The van der Waals surface area contributed by atoms with Crippen LogP contribution in [0.25, 0.3) is 0 Å². The zero-order valence-electron chi connectivity index (χ0n) is 11.1. The van der Waals surface area contributed by atoms with Gasteiger partial charge in [0.15, 0.2) is 5.13 Å². The molecule has 0 fully saturated rings. The molecule has 1 amide bonds. The number of rotatable bonds is 6. The van der Waals surface area contributed by atoms with Gasteiger partial charge < -0.3 is 16.0 Å². The van der Waals surface area contributed by atoms with Crippen LogP contribution in [0.2, 0.25) is 0 Å². The van der Waals surface area contributed by atoms with Crippen LogP contribution in [0.5, 0.6) is 0 Å². The third-order valence-electron chi connectivity index (χ3n) is 2.59. The average Bonchev–Trinajstić information content (AvgIpc) is 2.72. The van der Waals surface area contributed by atoms with Crippen molar-refractivity contribution in [2.24, 2.45) is 0 Å². The molecule has 0 bridgehead atoms. The number of nitrogens with zero attached hydrogens (tertiary/aromatic N) is 2. The van der Waals surface area contributed by atoms with Crippen LogP contribution in [-0.4, -0.2) is 30.0 Å². The van der Waals surface area contributed by atoms with Crippen molar-refractivity contribution in [3.63, 3.8) is 0 Å². The molecule has 1 aromatic rings. The van der Waals surface area contributed by atoms with E-state index in [2.05, 4.69) is 21.8 Å². The Morgan fingerprint density at radius 2 is 2.22 bits per heavy atom. The predicted octanol–water partition coefficient (Wildman–Crippen LogP) is 1.88. The molecule has 0 aromatic carbocycles. The molecular formula is C12H20N4OS. The van der Waals surface area contributed by atoms with Gasteiger partial charge >= 0.3 is 0 Å². The maximum Gasteiger partial charge on any atom is 0.265 e. The fraction of sp³-hybridized carbons (Fsp3) is 0.500. The van der Waals surface area contributed by atoms with E-state index >= 15 is 0 Å². The summed E-state index contributed by atoms with van der Waals surface area (Å²) in [5.41, 5.74) is 5.79. The Bertz CT molecular complexity index is 426. The first-order valence-corrected chi connectivity index (χ1v) is 6.79. The van der Waals surface area contributed by atoms with Crippen molar-refractivity contribution in [1.82, 2.24) is 10.3 Å². The summed E-state index contributed by atoms with van der Waals surface area (Å²) in [5, 5.41) is 3.58. The first-order valence-electron chi connectivity index (χ1n) is 5.98. The molecule has 0 saturated heterocycles. The summed E-state index contributed by atoms with van der Waals surface area (Å²) in [6.45, 7) is 11.2. The second-order valence-corrected chi connectivity index (χ2v) is 4.86. The molecule has 1 aromatic heterocycles. The summed E-state index contributed by atoms with van der Waals surface area (Å²) in [6, 6.07) is -0.0871. The SMILES string of the molecule is C=CC(C)NC(=O)c1sc(N(CC)CC)nc1N. The second kappa shape index (κ2) is 6.39. The lowest BCUT2D eigenvalue weighted by atomic mass is 10.3. The van der Waals surface area contributed by atoms with Crippen molar-refractivity contribution in [2.45, 2.75) is 26.8 Å². The van der Waals surface area contributed by atoms with E-state index < -0.39 is 0 Å². The minimum atomic E-state index is -0.198. The van der Waals surface area contributed by atoms with E-state index in [4.69, 9.17) is 5.73 Å².